The Balaban J connectivity index is 2.49. The Morgan fingerprint density at radius 3 is 2.63 bits per heavy atom. The lowest BCUT2D eigenvalue weighted by Crippen LogP contribution is -2.21. The second-order valence-corrected chi connectivity index (χ2v) is 4.44. The van der Waals surface area contributed by atoms with E-state index in [1.54, 1.807) is 6.20 Å². The number of hydrogen-bond donors (Lipinski definition) is 3. The van der Waals surface area contributed by atoms with E-state index in [2.05, 4.69) is 15.6 Å². The van der Waals surface area contributed by atoms with Crippen LogP contribution in [0.4, 0.5) is 11.5 Å². The number of aliphatic hydroxyl groups is 1. The fraction of sp³-hybridized carbons (Fsp3) is 0.571. The molecule has 1 heterocycles. The standard InChI is InChI=1S/C14H23N3O2/c1-3-11(4-2)14(19)17-12-6-7-13(16-10-12)15-8-5-9-18/h6-7,10-11,18H,3-5,8-9H2,1-2H3,(H,15,16)(H,17,19). The molecule has 1 amide bonds. The summed E-state index contributed by atoms with van der Waals surface area (Å²) >= 11 is 0. The maximum absolute atomic E-state index is 11.9. The molecule has 3 N–H and O–H groups in total. The first-order valence-electron chi connectivity index (χ1n) is 6.82. The van der Waals surface area contributed by atoms with Crippen LogP contribution >= 0.6 is 0 Å². The van der Waals surface area contributed by atoms with E-state index in [1.807, 2.05) is 26.0 Å². The molecule has 0 spiro atoms. The average molecular weight is 265 g/mol. The van der Waals surface area contributed by atoms with Gasteiger partial charge in [-0.3, -0.25) is 4.79 Å². The number of pyridine rings is 1. The number of hydrogen-bond acceptors (Lipinski definition) is 4. The van der Waals surface area contributed by atoms with E-state index in [9.17, 15) is 4.79 Å². The fourth-order valence-corrected chi connectivity index (χ4v) is 1.77. The van der Waals surface area contributed by atoms with Crippen molar-refractivity contribution in [1.29, 1.82) is 0 Å². The summed E-state index contributed by atoms with van der Waals surface area (Å²) < 4.78 is 0. The van der Waals surface area contributed by atoms with Gasteiger partial charge in [-0.25, -0.2) is 4.98 Å². The van der Waals surface area contributed by atoms with Gasteiger partial charge in [0.15, 0.2) is 0 Å². The molecule has 0 bridgehead atoms. The molecular formula is C14H23N3O2. The third-order valence-corrected chi connectivity index (χ3v) is 3.03. The predicted molar refractivity (Wildman–Crippen MR) is 77.1 cm³/mol. The molecule has 0 aromatic carbocycles. The molecule has 0 fully saturated rings. The molecule has 1 rings (SSSR count). The van der Waals surface area contributed by atoms with Crippen LogP contribution in [0.3, 0.4) is 0 Å². The Morgan fingerprint density at radius 2 is 2.11 bits per heavy atom. The number of nitrogens with zero attached hydrogens (tertiary/aromatic N) is 1. The van der Waals surface area contributed by atoms with Crippen LogP contribution in [0, 0.1) is 5.92 Å². The monoisotopic (exact) mass is 265 g/mol. The van der Waals surface area contributed by atoms with E-state index in [4.69, 9.17) is 5.11 Å². The van der Waals surface area contributed by atoms with Gasteiger partial charge in [-0.15, -0.1) is 0 Å². The Morgan fingerprint density at radius 1 is 1.37 bits per heavy atom. The molecule has 5 heteroatoms. The highest BCUT2D eigenvalue weighted by Crippen LogP contribution is 2.14. The van der Waals surface area contributed by atoms with Gasteiger partial charge >= 0.3 is 0 Å². The van der Waals surface area contributed by atoms with Crippen LogP contribution < -0.4 is 10.6 Å². The number of carbonyl (C=O) groups is 1. The van der Waals surface area contributed by atoms with Gasteiger partial charge in [0.1, 0.15) is 5.82 Å². The first-order valence-corrected chi connectivity index (χ1v) is 6.82. The average Bonchev–Trinajstić information content (AvgIpc) is 2.42. The van der Waals surface area contributed by atoms with Crippen molar-refractivity contribution >= 4 is 17.4 Å². The van der Waals surface area contributed by atoms with Gasteiger partial charge in [-0.2, -0.15) is 0 Å². The summed E-state index contributed by atoms with van der Waals surface area (Å²) in [6.07, 6.45) is 4.02. The Kier molecular flexibility index (Phi) is 6.89. The molecule has 0 saturated heterocycles. The quantitative estimate of drug-likeness (QED) is 0.630. The molecule has 0 aliphatic rings. The Labute approximate surface area is 114 Å². The predicted octanol–water partition coefficient (Wildman–Crippen LogP) is 2.25. The smallest absolute Gasteiger partial charge is 0.227 e. The minimum absolute atomic E-state index is 0.0489. The van der Waals surface area contributed by atoms with Crippen molar-refractivity contribution in [3.05, 3.63) is 18.3 Å². The summed E-state index contributed by atoms with van der Waals surface area (Å²) in [5, 5.41) is 14.6. The molecule has 0 aliphatic carbocycles. The van der Waals surface area contributed by atoms with Gasteiger partial charge in [-0.1, -0.05) is 13.8 Å². The highest BCUT2D eigenvalue weighted by atomic mass is 16.3. The second-order valence-electron chi connectivity index (χ2n) is 4.44. The second kappa shape index (κ2) is 8.48. The number of anilines is 2. The van der Waals surface area contributed by atoms with E-state index < -0.39 is 0 Å². The van der Waals surface area contributed by atoms with E-state index in [0.29, 0.717) is 18.7 Å². The molecule has 0 saturated carbocycles. The van der Waals surface area contributed by atoms with Crippen molar-refractivity contribution in [1.82, 2.24) is 4.98 Å². The molecular weight excluding hydrogens is 242 g/mol. The molecule has 1 aromatic heterocycles. The van der Waals surface area contributed by atoms with Gasteiger partial charge < -0.3 is 15.7 Å². The van der Waals surface area contributed by atoms with Gasteiger partial charge in [0.2, 0.25) is 5.91 Å². The summed E-state index contributed by atoms with van der Waals surface area (Å²) in [6.45, 7) is 4.87. The summed E-state index contributed by atoms with van der Waals surface area (Å²) in [5.41, 5.74) is 0.713. The van der Waals surface area contributed by atoms with Gasteiger partial charge in [0, 0.05) is 19.1 Å². The minimum Gasteiger partial charge on any atom is -0.396 e. The number of rotatable bonds is 8. The van der Waals surface area contributed by atoms with E-state index in [0.717, 1.165) is 18.7 Å². The topological polar surface area (TPSA) is 74.2 Å². The van der Waals surface area contributed by atoms with Gasteiger partial charge in [0.05, 0.1) is 11.9 Å². The highest BCUT2D eigenvalue weighted by Gasteiger charge is 2.13. The molecule has 0 atom stereocenters. The van der Waals surface area contributed by atoms with Crippen molar-refractivity contribution in [2.75, 3.05) is 23.8 Å². The molecule has 0 radical (unpaired) electrons. The highest BCUT2D eigenvalue weighted by molar-refractivity contribution is 5.92. The fourth-order valence-electron chi connectivity index (χ4n) is 1.77. The number of aliphatic hydroxyl groups excluding tert-OH is 1. The van der Waals surface area contributed by atoms with Crippen molar-refractivity contribution in [3.8, 4) is 0 Å². The first-order chi connectivity index (χ1) is 9.21. The number of nitrogens with one attached hydrogen (secondary N) is 2. The van der Waals surface area contributed by atoms with E-state index >= 15 is 0 Å². The first kappa shape index (κ1) is 15.4. The number of carbonyl (C=O) groups excluding carboxylic acids is 1. The number of amides is 1. The zero-order valence-corrected chi connectivity index (χ0v) is 11.6. The summed E-state index contributed by atoms with van der Waals surface area (Å²) in [7, 11) is 0. The van der Waals surface area contributed by atoms with Crippen molar-refractivity contribution in [3.63, 3.8) is 0 Å². The van der Waals surface area contributed by atoms with Crippen LogP contribution in [0.2, 0.25) is 0 Å². The molecule has 0 aliphatic heterocycles. The molecule has 106 valence electrons. The molecule has 0 unspecified atom stereocenters. The SMILES string of the molecule is CCC(CC)C(=O)Nc1ccc(NCCCO)nc1. The van der Waals surface area contributed by atoms with Crippen LogP contribution in [0.25, 0.3) is 0 Å². The molecule has 1 aromatic rings. The lowest BCUT2D eigenvalue weighted by atomic mass is 10.0. The molecule has 5 nitrogen and oxygen atoms in total. The van der Waals surface area contributed by atoms with E-state index in [-0.39, 0.29) is 18.4 Å². The van der Waals surface area contributed by atoms with Crippen molar-refractivity contribution in [2.24, 2.45) is 5.92 Å². The van der Waals surface area contributed by atoms with Gasteiger partial charge in [-0.05, 0) is 31.4 Å². The van der Waals surface area contributed by atoms with Crippen molar-refractivity contribution in [2.45, 2.75) is 33.1 Å². The van der Waals surface area contributed by atoms with Crippen LogP contribution in [-0.4, -0.2) is 29.1 Å². The normalized spacial score (nSPS) is 10.5. The lowest BCUT2D eigenvalue weighted by Gasteiger charge is -2.12. The third-order valence-electron chi connectivity index (χ3n) is 3.03. The van der Waals surface area contributed by atoms with Crippen LogP contribution in [0.1, 0.15) is 33.1 Å². The zero-order chi connectivity index (χ0) is 14.1. The Hall–Kier alpha value is -1.62. The zero-order valence-electron chi connectivity index (χ0n) is 11.6. The largest absolute Gasteiger partial charge is 0.396 e. The van der Waals surface area contributed by atoms with Crippen molar-refractivity contribution < 1.29 is 9.90 Å². The summed E-state index contributed by atoms with van der Waals surface area (Å²) in [6, 6.07) is 3.65. The maximum atomic E-state index is 11.9. The molecule has 19 heavy (non-hydrogen) atoms. The van der Waals surface area contributed by atoms with E-state index in [1.165, 1.54) is 0 Å². The summed E-state index contributed by atoms with van der Waals surface area (Å²) in [4.78, 5) is 16.1. The summed E-state index contributed by atoms with van der Waals surface area (Å²) in [5.74, 6) is 0.851. The van der Waals surface area contributed by atoms with Crippen LogP contribution in [0.15, 0.2) is 18.3 Å². The minimum atomic E-state index is 0.0489. The maximum Gasteiger partial charge on any atom is 0.227 e. The van der Waals surface area contributed by atoms with Gasteiger partial charge in [0.25, 0.3) is 0 Å². The Bertz CT molecular complexity index is 375. The number of aromatic nitrogens is 1. The van der Waals surface area contributed by atoms with Crippen LogP contribution in [-0.2, 0) is 4.79 Å². The third kappa shape index (κ3) is 5.26. The lowest BCUT2D eigenvalue weighted by molar-refractivity contribution is -0.120. The van der Waals surface area contributed by atoms with Crippen LogP contribution in [0.5, 0.6) is 0 Å².